The first-order valence-corrected chi connectivity index (χ1v) is 5.61. The molecule has 0 fully saturated rings. The van der Waals surface area contributed by atoms with Crippen LogP contribution in [-0.2, 0) is 4.74 Å². The maximum Gasteiger partial charge on any atom is 0.338 e. The van der Waals surface area contributed by atoms with E-state index in [1.807, 2.05) is 6.07 Å². The fourth-order valence-electron chi connectivity index (χ4n) is 1.52. The quantitative estimate of drug-likeness (QED) is 0.854. The highest BCUT2D eigenvalue weighted by molar-refractivity contribution is 6.04. The van der Waals surface area contributed by atoms with Crippen LogP contribution in [0.4, 0.5) is 5.82 Å². The SMILES string of the molecule is COC(=O)c1ccnc(NC(=O)c2ccccc2)c1. The van der Waals surface area contributed by atoms with Crippen LogP contribution in [0.25, 0.3) is 0 Å². The van der Waals surface area contributed by atoms with Gasteiger partial charge in [-0.1, -0.05) is 18.2 Å². The molecule has 1 heterocycles. The Balaban J connectivity index is 2.16. The normalized spacial score (nSPS) is 9.74. The minimum Gasteiger partial charge on any atom is -0.465 e. The van der Waals surface area contributed by atoms with Gasteiger partial charge in [-0.2, -0.15) is 0 Å². The number of methoxy groups -OCH3 is 1. The summed E-state index contributed by atoms with van der Waals surface area (Å²) in [5.74, 6) is -0.454. The monoisotopic (exact) mass is 256 g/mol. The molecule has 0 aliphatic heterocycles. The number of ether oxygens (including phenoxy) is 1. The van der Waals surface area contributed by atoms with Crippen LogP contribution in [0.2, 0.25) is 0 Å². The predicted molar refractivity (Wildman–Crippen MR) is 70.0 cm³/mol. The van der Waals surface area contributed by atoms with Gasteiger partial charge in [0.2, 0.25) is 0 Å². The van der Waals surface area contributed by atoms with Gasteiger partial charge in [0.25, 0.3) is 5.91 Å². The zero-order valence-corrected chi connectivity index (χ0v) is 10.3. The minimum absolute atomic E-state index is 0.282. The van der Waals surface area contributed by atoms with Crippen molar-refractivity contribution >= 4 is 17.7 Å². The first kappa shape index (κ1) is 12.8. The average molecular weight is 256 g/mol. The van der Waals surface area contributed by atoms with Crippen LogP contribution in [0, 0.1) is 0 Å². The number of aromatic nitrogens is 1. The van der Waals surface area contributed by atoms with Gasteiger partial charge < -0.3 is 10.1 Å². The zero-order chi connectivity index (χ0) is 13.7. The molecule has 0 aliphatic carbocycles. The largest absolute Gasteiger partial charge is 0.465 e. The molecule has 0 saturated heterocycles. The molecule has 0 saturated carbocycles. The summed E-state index contributed by atoms with van der Waals surface area (Å²) in [6.45, 7) is 0. The fourth-order valence-corrected chi connectivity index (χ4v) is 1.52. The van der Waals surface area contributed by atoms with Crippen molar-refractivity contribution in [2.75, 3.05) is 12.4 Å². The second kappa shape index (κ2) is 5.77. The molecule has 2 aromatic rings. The number of anilines is 1. The Morgan fingerprint density at radius 1 is 1.11 bits per heavy atom. The standard InChI is InChI=1S/C14H12N2O3/c1-19-14(18)11-7-8-15-12(9-11)16-13(17)10-5-3-2-4-6-10/h2-9H,1H3,(H,15,16,17). The second-order valence-electron chi connectivity index (χ2n) is 3.74. The highest BCUT2D eigenvalue weighted by atomic mass is 16.5. The number of hydrogen-bond donors (Lipinski definition) is 1. The number of carbonyl (C=O) groups is 2. The number of carbonyl (C=O) groups excluding carboxylic acids is 2. The summed E-state index contributed by atoms with van der Waals surface area (Å²) < 4.78 is 4.60. The summed E-state index contributed by atoms with van der Waals surface area (Å²) >= 11 is 0. The summed E-state index contributed by atoms with van der Waals surface area (Å²) in [6, 6.07) is 11.7. The molecule has 0 spiro atoms. The Kier molecular flexibility index (Phi) is 3.87. The smallest absolute Gasteiger partial charge is 0.338 e. The van der Waals surface area contributed by atoms with Crippen LogP contribution >= 0.6 is 0 Å². The van der Waals surface area contributed by atoms with E-state index in [-0.39, 0.29) is 5.91 Å². The lowest BCUT2D eigenvalue weighted by Crippen LogP contribution is -2.13. The van der Waals surface area contributed by atoms with Gasteiger partial charge in [-0.15, -0.1) is 0 Å². The van der Waals surface area contributed by atoms with Gasteiger partial charge in [0.1, 0.15) is 5.82 Å². The first-order chi connectivity index (χ1) is 9.20. The van der Waals surface area contributed by atoms with Crippen molar-refractivity contribution in [3.8, 4) is 0 Å². The number of hydrogen-bond acceptors (Lipinski definition) is 4. The lowest BCUT2D eigenvalue weighted by atomic mass is 10.2. The molecule has 96 valence electrons. The number of amides is 1. The number of benzene rings is 1. The van der Waals surface area contributed by atoms with Gasteiger partial charge >= 0.3 is 5.97 Å². The molecule has 19 heavy (non-hydrogen) atoms. The van der Waals surface area contributed by atoms with Crippen molar-refractivity contribution in [1.82, 2.24) is 4.98 Å². The number of esters is 1. The number of nitrogens with zero attached hydrogens (tertiary/aromatic N) is 1. The molecule has 1 aromatic heterocycles. The third-order valence-electron chi connectivity index (χ3n) is 2.46. The van der Waals surface area contributed by atoms with Crippen molar-refractivity contribution in [2.45, 2.75) is 0 Å². The van der Waals surface area contributed by atoms with Gasteiger partial charge in [0, 0.05) is 11.8 Å². The van der Waals surface area contributed by atoms with E-state index in [1.54, 1.807) is 24.3 Å². The van der Waals surface area contributed by atoms with E-state index in [1.165, 1.54) is 25.4 Å². The van der Waals surface area contributed by atoms with Gasteiger partial charge in [0.15, 0.2) is 0 Å². The van der Waals surface area contributed by atoms with Crippen molar-refractivity contribution in [3.63, 3.8) is 0 Å². The lowest BCUT2D eigenvalue weighted by Gasteiger charge is -2.05. The highest BCUT2D eigenvalue weighted by Gasteiger charge is 2.09. The van der Waals surface area contributed by atoms with E-state index in [0.717, 1.165) is 0 Å². The van der Waals surface area contributed by atoms with Crippen molar-refractivity contribution < 1.29 is 14.3 Å². The van der Waals surface area contributed by atoms with Crippen LogP contribution in [-0.4, -0.2) is 24.0 Å². The summed E-state index contributed by atoms with van der Waals surface area (Å²) in [7, 11) is 1.30. The molecule has 0 atom stereocenters. The summed E-state index contributed by atoms with van der Waals surface area (Å²) in [5.41, 5.74) is 0.855. The van der Waals surface area contributed by atoms with Gasteiger partial charge in [-0.25, -0.2) is 9.78 Å². The van der Waals surface area contributed by atoms with Crippen LogP contribution < -0.4 is 5.32 Å². The van der Waals surface area contributed by atoms with E-state index < -0.39 is 5.97 Å². The van der Waals surface area contributed by atoms with E-state index in [2.05, 4.69) is 15.0 Å². The Morgan fingerprint density at radius 2 is 1.84 bits per heavy atom. The fraction of sp³-hybridized carbons (Fsp3) is 0.0714. The van der Waals surface area contributed by atoms with Crippen LogP contribution in [0.3, 0.4) is 0 Å². The van der Waals surface area contributed by atoms with E-state index >= 15 is 0 Å². The predicted octanol–water partition coefficient (Wildman–Crippen LogP) is 2.12. The maximum absolute atomic E-state index is 11.9. The molecule has 0 bridgehead atoms. The van der Waals surface area contributed by atoms with Crippen LogP contribution in [0.1, 0.15) is 20.7 Å². The Bertz CT molecular complexity index is 597. The van der Waals surface area contributed by atoms with Crippen molar-refractivity contribution in [3.05, 3.63) is 59.8 Å². The number of rotatable bonds is 3. The third kappa shape index (κ3) is 3.16. The van der Waals surface area contributed by atoms with Gasteiger partial charge in [-0.05, 0) is 24.3 Å². The molecule has 1 aromatic carbocycles. The summed E-state index contributed by atoms with van der Waals surface area (Å²) in [5, 5.41) is 2.62. The first-order valence-electron chi connectivity index (χ1n) is 5.61. The molecular formula is C14H12N2O3. The summed E-state index contributed by atoms with van der Waals surface area (Å²) in [6.07, 6.45) is 1.44. The summed E-state index contributed by atoms with van der Waals surface area (Å²) in [4.78, 5) is 27.2. The highest BCUT2D eigenvalue weighted by Crippen LogP contribution is 2.10. The Hall–Kier alpha value is -2.69. The molecule has 0 radical (unpaired) electrons. The van der Waals surface area contributed by atoms with E-state index in [0.29, 0.717) is 16.9 Å². The third-order valence-corrected chi connectivity index (χ3v) is 2.46. The van der Waals surface area contributed by atoms with Crippen LogP contribution in [0.15, 0.2) is 48.7 Å². The maximum atomic E-state index is 11.9. The Labute approximate surface area is 110 Å². The molecule has 0 unspecified atom stereocenters. The molecule has 0 aliphatic rings. The van der Waals surface area contributed by atoms with Crippen LogP contribution in [0.5, 0.6) is 0 Å². The molecule has 2 rings (SSSR count). The molecule has 1 amide bonds. The number of pyridine rings is 1. The molecular weight excluding hydrogens is 244 g/mol. The van der Waals surface area contributed by atoms with Crippen molar-refractivity contribution in [1.29, 1.82) is 0 Å². The molecule has 5 heteroatoms. The lowest BCUT2D eigenvalue weighted by molar-refractivity contribution is 0.0600. The van der Waals surface area contributed by atoms with E-state index in [9.17, 15) is 9.59 Å². The van der Waals surface area contributed by atoms with Crippen molar-refractivity contribution in [2.24, 2.45) is 0 Å². The molecule has 5 nitrogen and oxygen atoms in total. The average Bonchev–Trinajstić information content (AvgIpc) is 2.47. The van der Waals surface area contributed by atoms with Gasteiger partial charge in [-0.3, -0.25) is 4.79 Å². The van der Waals surface area contributed by atoms with Gasteiger partial charge in [0.05, 0.1) is 12.7 Å². The second-order valence-corrected chi connectivity index (χ2v) is 3.74. The number of nitrogens with one attached hydrogen (secondary N) is 1. The topological polar surface area (TPSA) is 68.3 Å². The molecule has 1 N–H and O–H groups in total. The minimum atomic E-state index is -0.474. The van der Waals surface area contributed by atoms with E-state index in [4.69, 9.17) is 0 Å². The zero-order valence-electron chi connectivity index (χ0n) is 10.3. The Morgan fingerprint density at radius 3 is 2.53 bits per heavy atom.